The van der Waals surface area contributed by atoms with E-state index in [1.54, 1.807) is 0 Å². The van der Waals surface area contributed by atoms with E-state index in [0.717, 1.165) is 53.3 Å². The first-order valence-electron chi connectivity index (χ1n) is 14.8. The number of hydrogen-bond acceptors (Lipinski definition) is 0. The molecule has 0 nitrogen and oxygen atoms in total. The highest BCUT2D eigenvalue weighted by atomic mass is 14.6. The van der Waals surface area contributed by atoms with Crippen LogP contribution in [0.25, 0.3) is 0 Å². The summed E-state index contributed by atoms with van der Waals surface area (Å²) in [5.41, 5.74) is 3.04. The lowest BCUT2D eigenvalue weighted by molar-refractivity contribution is -0.0541. The fourth-order valence-electron chi connectivity index (χ4n) is 9.92. The molecule has 32 heavy (non-hydrogen) atoms. The maximum absolute atomic E-state index is 2.78. The normalized spacial score (nSPS) is 43.4. The van der Waals surface area contributed by atoms with Gasteiger partial charge >= 0.3 is 0 Å². The van der Waals surface area contributed by atoms with Crippen molar-refractivity contribution in [1.29, 1.82) is 0 Å². The summed E-state index contributed by atoms with van der Waals surface area (Å²) >= 11 is 0. The molecule has 3 fully saturated rings. The third-order valence-corrected chi connectivity index (χ3v) is 12.3. The number of rotatable bonds is 7. The fourth-order valence-corrected chi connectivity index (χ4v) is 9.92. The lowest BCUT2D eigenvalue weighted by atomic mass is 9.46. The van der Waals surface area contributed by atoms with Crippen molar-refractivity contribution in [3.63, 3.8) is 0 Å². The molecule has 4 rings (SSSR count). The van der Waals surface area contributed by atoms with Crippen molar-refractivity contribution >= 4 is 0 Å². The van der Waals surface area contributed by atoms with E-state index in [1.165, 1.54) is 70.6 Å². The smallest absolute Gasteiger partial charge is 0.00851 e. The van der Waals surface area contributed by atoms with E-state index in [-0.39, 0.29) is 0 Å². The fraction of sp³-hybridized carbons (Fsp3) is 0.938. The molecule has 3 unspecified atom stereocenters. The van der Waals surface area contributed by atoms with Crippen molar-refractivity contribution in [2.24, 2.45) is 64.1 Å². The van der Waals surface area contributed by atoms with Gasteiger partial charge in [-0.25, -0.2) is 0 Å². The van der Waals surface area contributed by atoms with Crippen LogP contribution in [0.15, 0.2) is 11.6 Å². The summed E-state index contributed by atoms with van der Waals surface area (Å²) in [4.78, 5) is 0. The third kappa shape index (κ3) is 4.17. The average molecular weight is 441 g/mol. The van der Waals surface area contributed by atoms with E-state index < -0.39 is 0 Å². The van der Waals surface area contributed by atoms with Crippen LogP contribution in [0.5, 0.6) is 0 Å². The van der Waals surface area contributed by atoms with Gasteiger partial charge in [0.2, 0.25) is 0 Å². The van der Waals surface area contributed by atoms with Crippen molar-refractivity contribution in [1.82, 2.24) is 0 Å². The summed E-state index contributed by atoms with van der Waals surface area (Å²) < 4.78 is 0. The van der Waals surface area contributed by atoms with Crippen LogP contribution in [0.1, 0.15) is 126 Å². The average Bonchev–Trinajstić information content (AvgIpc) is 3.10. The Morgan fingerprint density at radius 3 is 2.31 bits per heavy atom. The molecule has 0 amide bonds. The first-order chi connectivity index (χ1) is 15.1. The van der Waals surface area contributed by atoms with Gasteiger partial charge in [0.1, 0.15) is 0 Å². The zero-order valence-corrected chi connectivity index (χ0v) is 23.1. The van der Waals surface area contributed by atoms with E-state index >= 15 is 0 Å². The SMILES string of the molecule is CC[C@H](CC[C@@H](C)C1CCC2[C@@H]3CC=C4C[C@@H](C(C)C)CC[C@]4(C)C3CC[C@@]21C)C(C)C. The Labute approximate surface area is 201 Å². The lowest BCUT2D eigenvalue weighted by Gasteiger charge is -2.59. The van der Waals surface area contributed by atoms with Gasteiger partial charge in [0, 0.05) is 0 Å². The maximum Gasteiger partial charge on any atom is -0.00851 e. The van der Waals surface area contributed by atoms with Crippen molar-refractivity contribution in [2.45, 2.75) is 126 Å². The van der Waals surface area contributed by atoms with Crippen molar-refractivity contribution < 1.29 is 0 Å². The highest BCUT2D eigenvalue weighted by Gasteiger charge is 2.59. The van der Waals surface area contributed by atoms with Crippen LogP contribution in [-0.2, 0) is 0 Å². The predicted octanol–water partition coefficient (Wildman–Crippen LogP) is 9.94. The Bertz CT molecular complexity index is 670. The zero-order valence-electron chi connectivity index (χ0n) is 23.1. The number of hydrogen-bond donors (Lipinski definition) is 0. The van der Waals surface area contributed by atoms with E-state index in [0.29, 0.717) is 10.8 Å². The van der Waals surface area contributed by atoms with Gasteiger partial charge in [0.25, 0.3) is 0 Å². The van der Waals surface area contributed by atoms with Gasteiger partial charge in [-0.2, -0.15) is 0 Å². The molecular formula is C32H56. The summed E-state index contributed by atoms with van der Waals surface area (Å²) in [6, 6.07) is 0. The third-order valence-electron chi connectivity index (χ3n) is 12.3. The summed E-state index contributed by atoms with van der Waals surface area (Å²) in [6.07, 6.45) is 18.9. The summed E-state index contributed by atoms with van der Waals surface area (Å²) in [7, 11) is 0. The molecule has 0 spiro atoms. The number of fused-ring (bicyclic) bond motifs is 5. The lowest BCUT2D eigenvalue weighted by Crippen LogP contribution is -2.50. The van der Waals surface area contributed by atoms with Crippen LogP contribution in [0.3, 0.4) is 0 Å². The molecule has 0 bridgehead atoms. The highest BCUT2D eigenvalue weighted by molar-refractivity contribution is 5.25. The van der Waals surface area contributed by atoms with Crippen LogP contribution >= 0.6 is 0 Å². The van der Waals surface area contributed by atoms with E-state index in [2.05, 4.69) is 61.5 Å². The minimum Gasteiger partial charge on any atom is -0.0845 e. The van der Waals surface area contributed by atoms with Crippen LogP contribution in [0, 0.1) is 64.1 Å². The molecule has 184 valence electrons. The second-order valence-corrected chi connectivity index (χ2v) is 14.2. The minimum atomic E-state index is 0.533. The minimum absolute atomic E-state index is 0.533. The standard InChI is InChI=1S/C32H56/c1-9-24(21(2)3)11-10-23(6)28-14-15-29-27-13-12-26-20-25(22(4)5)16-18-31(26,7)30(27)17-19-32(28,29)8/h12,21-25,27-30H,9-11,13-20H2,1-8H3/t23-,24-,25+,27+,28?,29?,30?,31+,32-/m1/s1. The molecule has 0 aromatic heterocycles. The second kappa shape index (κ2) is 9.41. The molecule has 3 saturated carbocycles. The molecule has 0 N–H and O–H groups in total. The first kappa shape index (κ1) is 24.9. The topological polar surface area (TPSA) is 0 Å². The van der Waals surface area contributed by atoms with Gasteiger partial charge < -0.3 is 0 Å². The maximum atomic E-state index is 2.78. The molecule has 0 aromatic carbocycles. The molecule has 4 aliphatic carbocycles. The summed E-state index contributed by atoms with van der Waals surface area (Å²) in [5.74, 6) is 8.43. The molecule has 0 heterocycles. The van der Waals surface area contributed by atoms with Crippen molar-refractivity contribution in [3.8, 4) is 0 Å². The quantitative estimate of drug-likeness (QED) is 0.345. The van der Waals surface area contributed by atoms with Crippen molar-refractivity contribution in [2.75, 3.05) is 0 Å². The Morgan fingerprint density at radius 2 is 1.66 bits per heavy atom. The molecule has 0 aromatic rings. The highest BCUT2D eigenvalue weighted by Crippen LogP contribution is 2.67. The van der Waals surface area contributed by atoms with E-state index in [4.69, 9.17) is 0 Å². The van der Waals surface area contributed by atoms with Crippen LogP contribution in [0.4, 0.5) is 0 Å². The zero-order chi connectivity index (χ0) is 23.3. The summed E-state index contributed by atoms with van der Waals surface area (Å²) in [6.45, 7) is 20.3. The van der Waals surface area contributed by atoms with Gasteiger partial charge in [0.15, 0.2) is 0 Å². The number of allylic oxidation sites excluding steroid dienone is 2. The Morgan fingerprint density at radius 1 is 0.906 bits per heavy atom. The molecule has 0 heteroatoms. The van der Waals surface area contributed by atoms with Crippen molar-refractivity contribution in [3.05, 3.63) is 11.6 Å². The Hall–Kier alpha value is -0.260. The molecule has 0 aliphatic heterocycles. The summed E-state index contributed by atoms with van der Waals surface area (Å²) in [5, 5.41) is 0. The Balaban J connectivity index is 1.47. The monoisotopic (exact) mass is 440 g/mol. The second-order valence-electron chi connectivity index (χ2n) is 14.2. The molecular weight excluding hydrogens is 384 g/mol. The molecule has 4 aliphatic rings. The van der Waals surface area contributed by atoms with Crippen LogP contribution < -0.4 is 0 Å². The van der Waals surface area contributed by atoms with Crippen LogP contribution in [-0.4, -0.2) is 0 Å². The van der Waals surface area contributed by atoms with E-state index in [9.17, 15) is 0 Å². The molecule has 0 saturated heterocycles. The van der Waals surface area contributed by atoms with Gasteiger partial charge in [-0.1, -0.05) is 79.9 Å². The van der Waals surface area contributed by atoms with E-state index in [1.807, 2.05) is 5.57 Å². The first-order valence-corrected chi connectivity index (χ1v) is 14.8. The molecule has 0 radical (unpaired) electrons. The largest absolute Gasteiger partial charge is 0.0845 e. The van der Waals surface area contributed by atoms with Gasteiger partial charge in [0.05, 0.1) is 0 Å². The Kier molecular flexibility index (Phi) is 7.31. The predicted molar refractivity (Wildman–Crippen MR) is 141 cm³/mol. The van der Waals surface area contributed by atoms with Crippen LogP contribution in [0.2, 0.25) is 0 Å². The van der Waals surface area contributed by atoms with Gasteiger partial charge in [-0.3, -0.25) is 0 Å². The van der Waals surface area contributed by atoms with Gasteiger partial charge in [-0.05, 0) is 122 Å². The van der Waals surface area contributed by atoms with Gasteiger partial charge in [-0.15, -0.1) is 0 Å². The molecule has 9 atom stereocenters.